The molecule has 0 aliphatic heterocycles. The number of rotatable bonds is 10. The van der Waals surface area contributed by atoms with E-state index in [2.05, 4.69) is 36.6 Å². The number of anilines is 2. The average Bonchev–Trinajstić information content (AvgIpc) is 3.21. The van der Waals surface area contributed by atoms with Gasteiger partial charge in [-0.15, -0.1) is 0 Å². The van der Waals surface area contributed by atoms with Crippen LogP contribution in [0.1, 0.15) is 20.7 Å². The predicted molar refractivity (Wildman–Crippen MR) is 216 cm³/mol. The lowest BCUT2D eigenvalue weighted by molar-refractivity contribution is 0.0693. The Balaban J connectivity index is 0.000000218. The zero-order chi connectivity index (χ0) is 41.2. The molecule has 0 saturated carbocycles. The first-order valence-corrected chi connectivity index (χ1v) is 17.5. The Kier molecular flexibility index (Phi) is 13.4. The van der Waals surface area contributed by atoms with Crippen LogP contribution in [0.4, 0.5) is 21.0 Å². The van der Waals surface area contributed by atoms with Crippen LogP contribution in [-0.2, 0) is 0 Å². The molecule has 0 atom stereocenters. The van der Waals surface area contributed by atoms with Gasteiger partial charge in [-0.3, -0.25) is 14.8 Å². The fourth-order valence-corrected chi connectivity index (χ4v) is 5.67. The Hall–Kier alpha value is -7.04. The zero-order valence-corrected chi connectivity index (χ0v) is 32.5. The van der Waals surface area contributed by atoms with Crippen molar-refractivity contribution in [2.24, 2.45) is 0 Å². The highest BCUT2D eigenvalue weighted by atomic mass is 35.5. The summed E-state index contributed by atoms with van der Waals surface area (Å²) in [5.74, 6) is 0.970. The largest absolute Gasteiger partial charge is 0.496 e. The van der Waals surface area contributed by atoms with Crippen LogP contribution >= 0.6 is 23.2 Å². The molecule has 5 amide bonds. The maximum Gasteiger partial charge on any atom is 0.339 e. The van der Waals surface area contributed by atoms with Crippen molar-refractivity contribution in [1.29, 1.82) is 0 Å². The monoisotopic (exact) mass is 815 g/mol. The summed E-state index contributed by atoms with van der Waals surface area (Å²) in [6, 6.07) is 18.5. The number of nitrogens with zero attached hydrogens (tertiary/aromatic N) is 2. The molecule has 16 nitrogen and oxygen atoms in total. The third-order valence-electron chi connectivity index (χ3n) is 8.03. The van der Waals surface area contributed by atoms with Crippen molar-refractivity contribution < 1.29 is 43.2 Å². The van der Waals surface area contributed by atoms with E-state index in [1.165, 1.54) is 40.4 Å². The number of aromatic carboxylic acids is 1. The highest BCUT2D eigenvalue weighted by molar-refractivity contribution is 6.34. The number of carboxylic acids is 1. The van der Waals surface area contributed by atoms with Gasteiger partial charge in [0, 0.05) is 68.6 Å². The van der Waals surface area contributed by atoms with E-state index in [4.69, 9.17) is 42.1 Å². The van der Waals surface area contributed by atoms with Gasteiger partial charge in [0.15, 0.2) is 0 Å². The Morgan fingerprint density at radius 1 is 0.579 bits per heavy atom. The minimum Gasteiger partial charge on any atom is -0.496 e. The number of benzene rings is 4. The number of urea groups is 2. The van der Waals surface area contributed by atoms with E-state index >= 15 is 0 Å². The zero-order valence-electron chi connectivity index (χ0n) is 30.9. The number of carboxylic acid groups (broad SMARTS) is 1. The van der Waals surface area contributed by atoms with Gasteiger partial charge in [-0.2, -0.15) is 0 Å². The minimum atomic E-state index is -1.12. The lowest BCUT2D eigenvalue weighted by Crippen LogP contribution is -2.24. The quantitative estimate of drug-likeness (QED) is 0.0781. The summed E-state index contributed by atoms with van der Waals surface area (Å²) in [4.78, 5) is 55.1. The molecule has 0 bridgehead atoms. The Morgan fingerprint density at radius 3 is 1.40 bits per heavy atom. The molecular formula is C39H35Cl2N7O9. The summed E-state index contributed by atoms with van der Waals surface area (Å²) in [7, 11) is 7.44. The number of fused-ring (bicyclic) bond motifs is 2. The van der Waals surface area contributed by atoms with E-state index < -0.39 is 12.0 Å². The number of hydrogen-bond donors (Lipinski definition) is 6. The highest BCUT2D eigenvalue weighted by Crippen LogP contribution is 2.37. The topological polar surface area (TPSA) is 211 Å². The number of nitrogens with one attached hydrogen (secondary N) is 5. The van der Waals surface area contributed by atoms with Crippen LogP contribution < -0.4 is 45.5 Å². The van der Waals surface area contributed by atoms with Crippen molar-refractivity contribution in [3.8, 4) is 34.5 Å². The molecule has 4 aromatic carbocycles. The third-order valence-corrected chi connectivity index (χ3v) is 8.66. The third kappa shape index (κ3) is 9.80. The molecule has 0 saturated heterocycles. The number of amides is 5. The van der Waals surface area contributed by atoms with Crippen LogP contribution in [0.15, 0.2) is 85.2 Å². The van der Waals surface area contributed by atoms with Gasteiger partial charge in [0.05, 0.1) is 52.2 Å². The smallest absolute Gasteiger partial charge is 0.339 e. The van der Waals surface area contributed by atoms with Gasteiger partial charge in [0.2, 0.25) is 0 Å². The van der Waals surface area contributed by atoms with Crippen molar-refractivity contribution >= 4 is 80.3 Å². The molecule has 0 unspecified atom stereocenters. The molecule has 6 rings (SSSR count). The van der Waals surface area contributed by atoms with Crippen molar-refractivity contribution in [3.63, 3.8) is 0 Å². The van der Waals surface area contributed by atoms with Crippen LogP contribution in [0.2, 0.25) is 10.0 Å². The van der Waals surface area contributed by atoms with E-state index in [0.717, 1.165) is 0 Å². The molecule has 6 N–H and O–H groups in total. The second kappa shape index (κ2) is 18.5. The highest BCUT2D eigenvalue weighted by Gasteiger charge is 2.18. The number of halogens is 2. The van der Waals surface area contributed by atoms with Crippen LogP contribution in [-0.4, -0.2) is 74.4 Å². The maximum absolute atomic E-state index is 12.2. The number of pyridine rings is 2. The Morgan fingerprint density at radius 2 is 1.02 bits per heavy atom. The van der Waals surface area contributed by atoms with Gasteiger partial charge >= 0.3 is 18.0 Å². The first kappa shape index (κ1) is 41.1. The first-order chi connectivity index (χ1) is 27.4. The summed E-state index contributed by atoms with van der Waals surface area (Å²) in [5, 5.41) is 23.8. The normalized spacial score (nSPS) is 10.4. The van der Waals surface area contributed by atoms with Gasteiger partial charge < -0.3 is 50.6 Å². The maximum atomic E-state index is 12.2. The second-order valence-corrected chi connectivity index (χ2v) is 12.4. The van der Waals surface area contributed by atoms with Gasteiger partial charge in [-0.1, -0.05) is 23.2 Å². The summed E-state index contributed by atoms with van der Waals surface area (Å²) < 4.78 is 22.3. The van der Waals surface area contributed by atoms with Crippen molar-refractivity contribution in [3.05, 3.63) is 106 Å². The SMILES string of the molecule is CNC(=O)Nc1ccc(Oc2ccnc3cc(OC)c(C(=O)NC)cc23)cc1Cl.CNC(=O)Nc1ccc(Oc2ccnc3cc(OC)c(C(=O)O)cc23)cc1Cl. The van der Waals surface area contributed by atoms with Crippen LogP contribution in [0.3, 0.4) is 0 Å². The molecule has 2 aromatic heterocycles. The number of hydrogen-bond acceptors (Lipinski definition) is 10. The summed E-state index contributed by atoms with van der Waals surface area (Å²) in [5.41, 5.74) is 2.36. The first-order valence-electron chi connectivity index (χ1n) is 16.7. The fourth-order valence-electron chi connectivity index (χ4n) is 5.24. The van der Waals surface area contributed by atoms with Crippen LogP contribution in [0, 0.1) is 0 Å². The van der Waals surface area contributed by atoms with E-state index in [1.54, 1.807) is 80.1 Å². The molecular weight excluding hydrogens is 781 g/mol. The van der Waals surface area contributed by atoms with Crippen LogP contribution in [0.25, 0.3) is 21.8 Å². The molecule has 18 heteroatoms. The van der Waals surface area contributed by atoms with E-state index in [9.17, 15) is 24.3 Å². The summed E-state index contributed by atoms with van der Waals surface area (Å²) >= 11 is 12.4. The lowest BCUT2D eigenvalue weighted by atomic mass is 10.1. The van der Waals surface area contributed by atoms with E-state index in [-0.39, 0.29) is 28.3 Å². The Bertz CT molecular complexity index is 2500. The molecule has 294 valence electrons. The number of ether oxygens (including phenoxy) is 4. The fraction of sp³-hybridized carbons (Fsp3) is 0.128. The molecule has 0 aliphatic carbocycles. The van der Waals surface area contributed by atoms with Gasteiger partial charge in [-0.05, 0) is 48.5 Å². The molecule has 0 aliphatic rings. The van der Waals surface area contributed by atoms with Gasteiger partial charge in [0.1, 0.15) is 40.1 Å². The molecule has 6 aromatic rings. The van der Waals surface area contributed by atoms with E-state index in [0.29, 0.717) is 72.5 Å². The molecule has 57 heavy (non-hydrogen) atoms. The molecule has 2 heterocycles. The summed E-state index contributed by atoms with van der Waals surface area (Å²) in [6.45, 7) is 0. The standard InChI is InChI=1S/C20H19ClN4O4.C19H16ClN3O5/c1-22-19(26)13-9-12-16(10-18(13)28-3)24-7-6-17(12)29-11-4-5-15(14(21)8-11)25-20(27)23-2;1-21-19(26)23-14-4-3-10(7-13(14)20)28-16-5-6-22-15-9-17(27-2)12(18(24)25)8-11(15)16/h4-10H,1-3H3,(H,22,26)(H2,23,25,27);3-9H,1-2H3,(H,24,25)(H2,21,23,26). The van der Waals surface area contributed by atoms with Crippen molar-refractivity contribution in [2.75, 3.05) is 46.0 Å². The van der Waals surface area contributed by atoms with Crippen molar-refractivity contribution in [1.82, 2.24) is 25.9 Å². The lowest BCUT2D eigenvalue weighted by Gasteiger charge is -2.13. The second-order valence-electron chi connectivity index (χ2n) is 11.5. The minimum absolute atomic E-state index is 0.00370. The van der Waals surface area contributed by atoms with Crippen LogP contribution in [0.5, 0.6) is 34.5 Å². The molecule has 0 fully saturated rings. The molecule has 0 radical (unpaired) electrons. The number of carbonyl (C=O) groups is 4. The Labute approximate surface area is 335 Å². The predicted octanol–water partition coefficient (Wildman–Crippen LogP) is 7.94. The molecule has 0 spiro atoms. The van der Waals surface area contributed by atoms with E-state index in [1.807, 2.05) is 0 Å². The number of methoxy groups -OCH3 is 2. The summed E-state index contributed by atoms with van der Waals surface area (Å²) in [6.07, 6.45) is 3.14. The number of aromatic nitrogens is 2. The average molecular weight is 817 g/mol. The van der Waals surface area contributed by atoms with Crippen molar-refractivity contribution in [2.45, 2.75) is 0 Å². The number of carbonyl (C=O) groups excluding carboxylic acids is 3. The van der Waals surface area contributed by atoms with Gasteiger partial charge in [-0.25, -0.2) is 14.4 Å². The van der Waals surface area contributed by atoms with Gasteiger partial charge in [0.25, 0.3) is 5.91 Å².